The summed E-state index contributed by atoms with van der Waals surface area (Å²) in [7, 11) is 1.61. The predicted octanol–water partition coefficient (Wildman–Crippen LogP) is 3.21. The van der Waals surface area contributed by atoms with Gasteiger partial charge in [-0.25, -0.2) is 4.79 Å². The third-order valence-corrected chi connectivity index (χ3v) is 4.75. The highest BCUT2D eigenvalue weighted by atomic mass is 16.5. The van der Waals surface area contributed by atoms with E-state index in [1.54, 1.807) is 7.11 Å². The Kier molecular flexibility index (Phi) is 8.87. The van der Waals surface area contributed by atoms with Gasteiger partial charge in [0, 0.05) is 24.3 Å². The molecule has 0 spiro atoms. The van der Waals surface area contributed by atoms with Gasteiger partial charge in [-0.1, -0.05) is 26.0 Å². The molecule has 0 bridgehead atoms. The highest BCUT2D eigenvalue weighted by Gasteiger charge is 2.16. The van der Waals surface area contributed by atoms with Crippen LogP contribution >= 0.6 is 0 Å². The summed E-state index contributed by atoms with van der Waals surface area (Å²) in [6.45, 7) is 6.67. The van der Waals surface area contributed by atoms with Crippen LogP contribution in [0.3, 0.4) is 0 Å². The lowest BCUT2D eigenvalue weighted by Gasteiger charge is -2.17. The summed E-state index contributed by atoms with van der Waals surface area (Å²) in [4.78, 5) is 29.0. The fourth-order valence-electron chi connectivity index (χ4n) is 3.12. The number of guanidine groups is 1. The lowest BCUT2D eigenvalue weighted by molar-refractivity contribution is 0.0950. The second-order valence-electron chi connectivity index (χ2n) is 6.85. The molecule has 0 unspecified atom stereocenters. The number of ether oxygens (including phenoxy) is 1. The zero-order valence-corrected chi connectivity index (χ0v) is 18.5. The second kappa shape index (κ2) is 11.6. The van der Waals surface area contributed by atoms with Crippen LogP contribution in [0.4, 0.5) is 10.5 Å². The number of anilines is 1. The third kappa shape index (κ3) is 6.74. The normalized spacial score (nSPS) is 11.0. The van der Waals surface area contributed by atoms with Crippen LogP contribution in [0.5, 0.6) is 5.75 Å². The van der Waals surface area contributed by atoms with Gasteiger partial charge in [0.15, 0.2) is 5.96 Å². The molecule has 2 aromatic rings. The van der Waals surface area contributed by atoms with Gasteiger partial charge in [0.1, 0.15) is 5.75 Å². The lowest BCUT2D eigenvalue weighted by Crippen LogP contribution is -2.40. The highest BCUT2D eigenvalue weighted by Crippen LogP contribution is 2.25. The number of amides is 3. The van der Waals surface area contributed by atoms with E-state index in [2.05, 4.69) is 20.9 Å². The molecule has 0 saturated carbocycles. The Bertz CT molecular complexity index is 914. The van der Waals surface area contributed by atoms with Crippen molar-refractivity contribution in [2.24, 2.45) is 10.7 Å². The Morgan fingerprint density at radius 3 is 2.16 bits per heavy atom. The van der Waals surface area contributed by atoms with Gasteiger partial charge in [0.25, 0.3) is 5.91 Å². The van der Waals surface area contributed by atoms with Crippen molar-refractivity contribution in [3.8, 4) is 5.75 Å². The maximum atomic E-state index is 12.8. The van der Waals surface area contributed by atoms with E-state index in [9.17, 15) is 9.59 Å². The molecule has 0 aliphatic rings. The summed E-state index contributed by atoms with van der Waals surface area (Å²) >= 11 is 0. The van der Waals surface area contributed by atoms with Crippen molar-refractivity contribution < 1.29 is 14.3 Å². The number of hydrogen-bond acceptors (Lipinski definition) is 4. The number of aliphatic imine (C=N–C) groups is 1. The molecule has 2 aromatic carbocycles. The van der Waals surface area contributed by atoms with Gasteiger partial charge in [-0.05, 0) is 60.7 Å². The quantitative estimate of drug-likeness (QED) is 0.384. The topological polar surface area (TPSA) is 118 Å². The molecule has 8 heteroatoms. The molecule has 166 valence electrons. The van der Waals surface area contributed by atoms with Crippen molar-refractivity contribution in [1.29, 1.82) is 0 Å². The summed E-state index contributed by atoms with van der Waals surface area (Å²) in [6, 6.07) is 10.7. The SMILES string of the molecule is CCN=C(N)NC(=O)Nc1c(CC)cc(C(=O)NCc2ccc(OC)cc2)cc1CC. The monoisotopic (exact) mass is 425 g/mol. The number of aryl methyl sites for hydroxylation is 2. The first kappa shape index (κ1) is 23.7. The number of urea groups is 1. The van der Waals surface area contributed by atoms with Crippen LogP contribution in [-0.2, 0) is 19.4 Å². The van der Waals surface area contributed by atoms with Crippen LogP contribution in [0.25, 0.3) is 0 Å². The number of carbonyl (C=O) groups is 2. The first-order valence-corrected chi connectivity index (χ1v) is 10.4. The van der Waals surface area contributed by atoms with E-state index < -0.39 is 6.03 Å². The van der Waals surface area contributed by atoms with Gasteiger partial charge in [-0.2, -0.15) is 0 Å². The number of carbonyl (C=O) groups excluding carboxylic acids is 2. The Labute approximate surface area is 183 Å². The summed E-state index contributed by atoms with van der Waals surface area (Å²) in [5.74, 6) is 0.659. The Morgan fingerprint density at radius 2 is 1.65 bits per heavy atom. The third-order valence-electron chi connectivity index (χ3n) is 4.75. The number of hydrogen-bond donors (Lipinski definition) is 4. The molecule has 0 heterocycles. The van der Waals surface area contributed by atoms with E-state index in [0.29, 0.717) is 37.2 Å². The molecule has 0 aromatic heterocycles. The lowest BCUT2D eigenvalue weighted by atomic mass is 9.98. The van der Waals surface area contributed by atoms with Gasteiger partial charge in [0.05, 0.1) is 7.11 Å². The van der Waals surface area contributed by atoms with Crippen LogP contribution in [0.15, 0.2) is 41.4 Å². The molecule has 31 heavy (non-hydrogen) atoms. The van der Waals surface area contributed by atoms with Gasteiger partial charge in [-0.3, -0.25) is 15.1 Å². The van der Waals surface area contributed by atoms with Crippen molar-refractivity contribution >= 4 is 23.6 Å². The number of benzene rings is 2. The van der Waals surface area contributed by atoms with Crippen LogP contribution in [0.1, 0.15) is 47.8 Å². The molecule has 0 fully saturated rings. The Hall–Kier alpha value is -3.55. The van der Waals surface area contributed by atoms with Crippen LogP contribution < -0.4 is 26.4 Å². The van der Waals surface area contributed by atoms with E-state index in [4.69, 9.17) is 10.5 Å². The largest absolute Gasteiger partial charge is 0.497 e. The fourth-order valence-corrected chi connectivity index (χ4v) is 3.12. The second-order valence-corrected chi connectivity index (χ2v) is 6.85. The number of nitrogens with zero attached hydrogens (tertiary/aromatic N) is 1. The van der Waals surface area contributed by atoms with Crippen molar-refractivity contribution in [3.05, 3.63) is 58.7 Å². The van der Waals surface area contributed by atoms with Crippen molar-refractivity contribution in [2.75, 3.05) is 19.0 Å². The van der Waals surface area contributed by atoms with E-state index >= 15 is 0 Å². The van der Waals surface area contributed by atoms with E-state index in [-0.39, 0.29) is 11.9 Å². The van der Waals surface area contributed by atoms with Crippen LogP contribution in [0, 0.1) is 0 Å². The zero-order valence-electron chi connectivity index (χ0n) is 18.5. The summed E-state index contributed by atoms with van der Waals surface area (Å²) in [6.07, 6.45) is 1.31. The minimum atomic E-state index is -0.462. The maximum Gasteiger partial charge on any atom is 0.326 e. The van der Waals surface area contributed by atoms with E-state index in [0.717, 1.165) is 22.4 Å². The van der Waals surface area contributed by atoms with Crippen LogP contribution in [-0.4, -0.2) is 31.6 Å². The van der Waals surface area contributed by atoms with Gasteiger partial charge in [0.2, 0.25) is 0 Å². The van der Waals surface area contributed by atoms with Crippen LogP contribution in [0.2, 0.25) is 0 Å². The standard InChI is InChI=1S/C23H31N5O3/c1-5-16-12-18(21(29)26-14-15-8-10-19(31-4)11-9-15)13-17(6-2)20(16)27-23(30)28-22(24)25-7-3/h8-13H,5-7,14H2,1-4H3,(H,26,29)(H4,24,25,27,28,30). The maximum absolute atomic E-state index is 12.8. The molecule has 3 amide bonds. The average molecular weight is 426 g/mol. The summed E-state index contributed by atoms with van der Waals surface area (Å²) in [5, 5.41) is 8.30. The number of methoxy groups -OCH3 is 1. The number of nitrogens with one attached hydrogen (secondary N) is 3. The summed E-state index contributed by atoms with van der Waals surface area (Å²) < 4.78 is 5.15. The van der Waals surface area contributed by atoms with Gasteiger partial charge >= 0.3 is 6.03 Å². The predicted molar refractivity (Wildman–Crippen MR) is 124 cm³/mol. The molecule has 2 rings (SSSR count). The van der Waals surface area contributed by atoms with Crippen molar-refractivity contribution in [3.63, 3.8) is 0 Å². The van der Waals surface area contributed by atoms with Crippen molar-refractivity contribution in [2.45, 2.75) is 40.2 Å². The molecule has 8 nitrogen and oxygen atoms in total. The fraction of sp³-hybridized carbons (Fsp3) is 0.348. The van der Waals surface area contributed by atoms with E-state index in [1.165, 1.54) is 0 Å². The average Bonchev–Trinajstić information content (AvgIpc) is 2.77. The Balaban J connectivity index is 2.16. The molecular formula is C23H31N5O3. The Morgan fingerprint density at radius 1 is 1.03 bits per heavy atom. The van der Waals surface area contributed by atoms with Crippen molar-refractivity contribution in [1.82, 2.24) is 10.6 Å². The zero-order chi connectivity index (χ0) is 22.8. The molecule has 0 radical (unpaired) electrons. The summed E-state index contributed by atoms with van der Waals surface area (Å²) in [5.41, 5.74) is 9.62. The first-order chi connectivity index (χ1) is 14.9. The molecule has 0 aliphatic carbocycles. The minimum absolute atomic E-state index is 0.0608. The molecule has 0 atom stereocenters. The number of rotatable bonds is 8. The first-order valence-electron chi connectivity index (χ1n) is 10.4. The molecule has 0 aliphatic heterocycles. The number of nitrogens with two attached hydrogens (primary N) is 1. The van der Waals surface area contributed by atoms with Gasteiger partial charge in [-0.15, -0.1) is 0 Å². The minimum Gasteiger partial charge on any atom is -0.497 e. The molecule has 5 N–H and O–H groups in total. The smallest absolute Gasteiger partial charge is 0.326 e. The van der Waals surface area contributed by atoms with E-state index in [1.807, 2.05) is 57.2 Å². The molecule has 0 saturated heterocycles. The molecular weight excluding hydrogens is 394 g/mol. The highest BCUT2D eigenvalue weighted by molar-refractivity contribution is 6.03. The van der Waals surface area contributed by atoms with Gasteiger partial charge < -0.3 is 21.1 Å².